The molecule has 6 heteroatoms. The molecule has 6 nitrogen and oxygen atoms in total. The molecule has 27 heavy (non-hydrogen) atoms. The van der Waals surface area contributed by atoms with E-state index in [1.54, 1.807) is 0 Å². The first-order valence-electron chi connectivity index (χ1n) is 9.43. The van der Waals surface area contributed by atoms with Crippen LogP contribution in [0.4, 0.5) is 5.82 Å². The quantitative estimate of drug-likeness (QED) is 0.649. The number of rotatable bonds is 7. The van der Waals surface area contributed by atoms with Gasteiger partial charge in [-0.05, 0) is 51.0 Å². The highest BCUT2D eigenvalue weighted by Gasteiger charge is 2.15. The molecule has 1 N–H and O–H groups in total. The molecule has 0 bridgehead atoms. The maximum Gasteiger partial charge on any atom is 0.222 e. The standard InChI is InChI=1S/C21H25N5O/c1-4-25(5-2)20(27)11-8-12-23-19-13-15(3)16(14-22)21-24-17-9-6-7-10-18(17)26(19)21/h6-7,9-10,13,23H,4-5,8,11-12H2,1-3H3. The summed E-state index contributed by atoms with van der Waals surface area (Å²) in [5.41, 5.74) is 3.97. The molecule has 2 heterocycles. The zero-order chi connectivity index (χ0) is 19.4. The van der Waals surface area contributed by atoms with Crippen LogP contribution in [-0.2, 0) is 4.79 Å². The molecule has 3 aromatic rings. The number of nitrogens with zero attached hydrogens (tertiary/aromatic N) is 4. The van der Waals surface area contributed by atoms with Gasteiger partial charge < -0.3 is 10.2 Å². The average molecular weight is 363 g/mol. The minimum absolute atomic E-state index is 0.191. The zero-order valence-corrected chi connectivity index (χ0v) is 16.1. The molecule has 140 valence electrons. The molecular formula is C21H25N5O. The number of carbonyl (C=O) groups excluding carboxylic acids is 1. The third kappa shape index (κ3) is 3.59. The summed E-state index contributed by atoms with van der Waals surface area (Å²) in [5.74, 6) is 1.08. The molecule has 0 spiro atoms. The number of pyridine rings is 1. The lowest BCUT2D eigenvalue weighted by atomic mass is 10.1. The Morgan fingerprint density at radius 2 is 2.04 bits per heavy atom. The second-order valence-electron chi connectivity index (χ2n) is 6.56. The maximum atomic E-state index is 12.1. The SMILES string of the molecule is CCN(CC)C(=O)CCCNc1cc(C)c(C#N)c2nc3ccccc3n12. The number of nitrogens with one attached hydrogen (secondary N) is 1. The number of nitriles is 1. The van der Waals surface area contributed by atoms with E-state index in [9.17, 15) is 10.1 Å². The number of carbonyl (C=O) groups is 1. The van der Waals surface area contributed by atoms with Crippen LogP contribution in [0.1, 0.15) is 37.8 Å². The molecule has 3 rings (SSSR count). The van der Waals surface area contributed by atoms with Gasteiger partial charge in [-0.25, -0.2) is 4.98 Å². The van der Waals surface area contributed by atoms with Crippen molar-refractivity contribution in [3.05, 3.63) is 41.5 Å². The van der Waals surface area contributed by atoms with Crippen molar-refractivity contribution in [2.24, 2.45) is 0 Å². The van der Waals surface area contributed by atoms with Gasteiger partial charge in [0.2, 0.25) is 5.91 Å². The van der Waals surface area contributed by atoms with Crippen molar-refractivity contribution in [3.8, 4) is 6.07 Å². The number of fused-ring (bicyclic) bond motifs is 3. The average Bonchev–Trinajstić information content (AvgIpc) is 3.05. The number of imidazole rings is 1. The summed E-state index contributed by atoms with van der Waals surface area (Å²) in [6.45, 7) is 8.10. The van der Waals surface area contributed by atoms with E-state index < -0.39 is 0 Å². The van der Waals surface area contributed by atoms with Crippen molar-refractivity contribution in [1.82, 2.24) is 14.3 Å². The zero-order valence-electron chi connectivity index (χ0n) is 16.1. The molecule has 0 aliphatic rings. The topological polar surface area (TPSA) is 73.4 Å². The second-order valence-corrected chi connectivity index (χ2v) is 6.56. The van der Waals surface area contributed by atoms with Crippen molar-refractivity contribution in [3.63, 3.8) is 0 Å². The molecule has 0 saturated carbocycles. The van der Waals surface area contributed by atoms with Crippen LogP contribution in [0.2, 0.25) is 0 Å². The number of aromatic nitrogens is 2. The van der Waals surface area contributed by atoms with Gasteiger partial charge in [-0.15, -0.1) is 0 Å². The third-order valence-corrected chi connectivity index (χ3v) is 4.87. The fourth-order valence-corrected chi connectivity index (χ4v) is 3.41. The van der Waals surface area contributed by atoms with E-state index >= 15 is 0 Å². The summed E-state index contributed by atoms with van der Waals surface area (Å²) >= 11 is 0. The Labute approximate surface area is 159 Å². The molecular weight excluding hydrogens is 338 g/mol. The fourth-order valence-electron chi connectivity index (χ4n) is 3.41. The number of anilines is 1. The Hall–Kier alpha value is -3.07. The van der Waals surface area contributed by atoms with Gasteiger partial charge in [0.25, 0.3) is 0 Å². The summed E-state index contributed by atoms with van der Waals surface area (Å²) in [6.07, 6.45) is 1.28. The van der Waals surface area contributed by atoms with Crippen LogP contribution >= 0.6 is 0 Å². The maximum absolute atomic E-state index is 12.1. The van der Waals surface area contributed by atoms with Crippen LogP contribution in [0.3, 0.4) is 0 Å². The summed E-state index contributed by atoms with van der Waals surface area (Å²) < 4.78 is 1.99. The molecule has 0 unspecified atom stereocenters. The van der Waals surface area contributed by atoms with E-state index in [1.165, 1.54) is 0 Å². The molecule has 0 aliphatic heterocycles. The summed E-state index contributed by atoms with van der Waals surface area (Å²) in [7, 11) is 0. The van der Waals surface area contributed by atoms with Gasteiger partial charge >= 0.3 is 0 Å². The van der Waals surface area contributed by atoms with Crippen molar-refractivity contribution >= 4 is 28.4 Å². The number of para-hydroxylation sites is 2. The monoisotopic (exact) mass is 363 g/mol. The van der Waals surface area contributed by atoms with Crippen molar-refractivity contribution in [2.45, 2.75) is 33.6 Å². The number of hydrogen-bond acceptors (Lipinski definition) is 4. The summed E-state index contributed by atoms with van der Waals surface area (Å²) in [4.78, 5) is 18.7. The molecule has 0 saturated heterocycles. The van der Waals surface area contributed by atoms with E-state index in [-0.39, 0.29) is 5.91 Å². The molecule has 0 atom stereocenters. The Morgan fingerprint density at radius 3 is 2.74 bits per heavy atom. The van der Waals surface area contributed by atoms with Crippen molar-refractivity contribution in [1.29, 1.82) is 5.26 Å². The van der Waals surface area contributed by atoms with Crippen LogP contribution in [-0.4, -0.2) is 39.8 Å². The lowest BCUT2D eigenvalue weighted by Gasteiger charge is -2.18. The van der Waals surface area contributed by atoms with Gasteiger partial charge in [-0.2, -0.15) is 5.26 Å². The van der Waals surface area contributed by atoms with Gasteiger partial charge in [0, 0.05) is 26.1 Å². The van der Waals surface area contributed by atoms with Crippen molar-refractivity contribution in [2.75, 3.05) is 25.0 Å². The van der Waals surface area contributed by atoms with Gasteiger partial charge in [-0.1, -0.05) is 12.1 Å². The first-order chi connectivity index (χ1) is 13.1. The lowest BCUT2D eigenvalue weighted by molar-refractivity contribution is -0.130. The normalized spacial score (nSPS) is 10.9. The molecule has 1 amide bonds. The molecule has 0 aliphatic carbocycles. The Bertz CT molecular complexity index is 1010. The van der Waals surface area contributed by atoms with Crippen LogP contribution in [0.5, 0.6) is 0 Å². The first-order valence-corrected chi connectivity index (χ1v) is 9.43. The minimum atomic E-state index is 0.191. The predicted octanol–water partition coefficient (Wildman–Crippen LogP) is 3.73. The number of amides is 1. The van der Waals surface area contributed by atoms with Crippen LogP contribution in [0.15, 0.2) is 30.3 Å². The van der Waals surface area contributed by atoms with E-state index in [0.29, 0.717) is 24.2 Å². The fraction of sp³-hybridized carbons (Fsp3) is 0.381. The van der Waals surface area contributed by atoms with E-state index in [1.807, 2.05) is 60.4 Å². The van der Waals surface area contributed by atoms with Crippen LogP contribution in [0.25, 0.3) is 16.7 Å². The highest BCUT2D eigenvalue weighted by Crippen LogP contribution is 2.26. The van der Waals surface area contributed by atoms with E-state index in [4.69, 9.17) is 0 Å². The second kappa shape index (κ2) is 8.09. The van der Waals surface area contributed by atoms with E-state index in [0.717, 1.165) is 41.9 Å². The molecule has 0 radical (unpaired) electrons. The number of hydrogen-bond donors (Lipinski definition) is 1. The van der Waals surface area contributed by atoms with Crippen LogP contribution < -0.4 is 5.32 Å². The predicted molar refractivity (Wildman–Crippen MR) is 108 cm³/mol. The Balaban J connectivity index is 1.85. The van der Waals surface area contributed by atoms with Gasteiger partial charge in [0.05, 0.1) is 16.6 Å². The van der Waals surface area contributed by atoms with Gasteiger partial charge in [0.1, 0.15) is 11.9 Å². The lowest BCUT2D eigenvalue weighted by Crippen LogP contribution is -2.30. The number of aryl methyl sites for hydroxylation is 1. The molecule has 1 aromatic carbocycles. The summed E-state index contributed by atoms with van der Waals surface area (Å²) in [5, 5.41) is 13.0. The summed E-state index contributed by atoms with van der Waals surface area (Å²) in [6, 6.07) is 12.1. The molecule has 2 aromatic heterocycles. The molecule has 0 fully saturated rings. The highest BCUT2D eigenvalue weighted by atomic mass is 16.2. The highest BCUT2D eigenvalue weighted by molar-refractivity contribution is 5.85. The van der Waals surface area contributed by atoms with Crippen LogP contribution in [0, 0.1) is 18.3 Å². The Morgan fingerprint density at radius 1 is 1.30 bits per heavy atom. The van der Waals surface area contributed by atoms with Crippen molar-refractivity contribution < 1.29 is 4.79 Å². The largest absolute Gasteiger partial charge is 0.371 e. The minimum Gasteiger partial charge on any atom is -0.371 e. The van der Waals surface area contributed by atoms with Gasteiger partial charge in [0.15, 0.2) is 5.65 Å². The Kier molecular flexibility index (Phi) is 5.60. The number of benzene rings is 1. The third-order valence-electron chi connectivity index (χ3n) is 4.87. The van der Waals surface area contributed by atoms with Gasteiger partial charge in [-0.3, -0.25) is 9.20 Å². The first kappa shape index (κ1) is 18.7. The smallest absolute Gasteiger partial charge is 0.222 e. The van der Waals surface area contributed by atoms with E-state index in [2.05, 4.69) is 16.4 Å².